The van der Waals surface area contributed by atoms with Crippen molar-refractivity contribution in [2.45, 2.75) is 37.6 Å². The lowest BCUT2D eigenvalue weighted by atomic mass is 9.92. The molecule has 0 aliphatic heterocycles. The summed E-state index contributed by atoms with van der Waals surface area (Å²) in [7, 11) is 2.94. The Labute approximate surface area is 219 Å². The average molecular weight is 531 g/mol. The Bertz CT molecular complexity index is 1300. The van der Waals surface area contributed by atoms with E-state index in [-0.39, 0.29) is 34.6 Å². The molecule has 2 aromatic carbocycles. The molecule has 1 aromatic heterocycles. The topological polar surface area (TPSA) is 110 Å². The predicted octanol–water partition coefficient (Wildman–Crippen LogP) is 4.10. The zero-order valence-electron chi connectivity index (χ0n) is 20.6. The van der Waals surface area contributed by atoms with Gasteiger partial charge >= 0.3 is 0 Å². The molecule has 1 aliphatic rings. The van der Waals surface area contributed by atoms with E-state index < -0.39 is 23.4 Å². The first-order valence-electron chi connectivity index (χ1n) is 11.7. The van der Waals surface area contributed by atoms with Crippen LogP contribution in [-0.2, 0) is 5.60 Å². The van der Waals surface area contributed by atoms with Gasteiger partial charge in [-0.15, -0.1) is 0 Å². The van der Waals surface area contributed by atoms with Crippen molar-refractivity contribution in [3.63, 3.8) is 0 Å². The van der Waals surface area contributed by atoms with Gasteiger partial charge in [-0.05, 0) is 68.3 Å². The van der Waals surface area contributed by atoms with E-state index in [0.29, 0.717) is 22.8 Å². The standard InChI is InChI=1S/C27H28ClFN2O6/c1-15(32)27(34,14-30-26(33)17-5-9-21(23(13-17)36-3)37-18-6-7-18)24-11-10-22(35-2)25(31-24)16-4-8-20(29)19(28)12-16/h4-5,8-13,15,18,32,34H,6-7,14H2,1-3H3,(H,30,33). The lowest BCUT2D eigenvalue weighted by molar-refractivity contribution is -0.0713. The minimum Gasteiger partial charge on any atom is -0.494 e. The van der Waals surface area contributed by atoms with Crippen LogP contribution in [0.15, 0.2) is 48.5 Å². The molecule has 37 heavy (non-hydrogen) atoms. The summed E-state index contributed by atoms with van der Waals surface area (Å²) in [4.78, 5) is 17.4. The Morgan fingerprint density at radius 1 is 1.14 bits per heavy atom. The van der Waals surface area contributed by atoms with Crippen LogP contribution in [0.3, 0.4) is 0 Å². The maximum Gasteiger partial charge on any atom is 0.251 e. The number of methoxy groups -OCH3 is 2. The lowest BCUT2D eigenvalue weighted by Gasteiger charge is -2.31. The quantitative estimate of drug-likeness (QED) is 0.362. The molecule has 2 unspecified atom stereocenters. The van der Waals surface area contributed by atoms with Crippen molar-refractivity contribution in [3.05, 3.63) is 70.6 Å². The van der Waals surface area contributed by atoms with Crippen molar-refractivity contribution in [1.82, 2.24) is 10.3 Å². The number of pyridine rings is 1. The number of halogens is 2. The number of aliphatic hydroxyl groups excluding tert-OH is 1. The molecule has 0 spiro atoms. The number of carbonyl (C=O) groups is 1. The van der Waals surface area contributed by atoms with Crippen molar-refractivity contribution in [3.8, 4) is 28.5 Å². The normalized spacial score (nSPS) is 15.4. The van der Waals surface area contributed by atoms with Crippen LogP contribution in [0.1, 0.15) is 35.8 Å². The van der Waals surface area contributed by atoms with Gasteiger partial charge in [0.05, 0.1) is 43.7 Å². The highest BCUT2D eigenvalue weighted by molar-refractivity contribution is 6.31. The molecule has 1 heterocycles. The molecule has 1 amide bonds. The van der Waals surface area contributed by atoms with Gasteiger partial charge in [0.1, 0.15) is 22.9 Å². The van der Waals surface area contributed by atoms with E-state index in [1.54, 1.807) is 24.3 Å². The first-order chi connectivity index (χ1) is 17.7. The second-order valence-electron chi connectivity index (χ2n) is 8.84. The van der Waals surface area contributed by atoms with Crippen LogP contribution in [-0.4, -0.2) is 54.1 Å². The molecule has 8 nitrogen and oxygen atoms in total. The smallest absolute Gasteiger partial charge is 0.251 e. The summed E-state index contributed by atoms with van der Waals surface area (Å²) < 4.78 is 30.2. The molecular formula is C27H28ClFN2O6. The first-order valence-corrected chi connectivity index (χ1v) is 12.1. The molecule has 10 heteroatoms. The minimum atomic E-state index is -1.96. The fourth-order valence-corrected chi connectivity index (χ4v) is 3.92. The van der Waals surface area contributed by atoms with Gasteiger partial charge in [0.25, 0.3) is 5.91 Å². The van der Waals surface area contributed by atoms with Gasteiger partial charge in [0.15, 0.2) is 11.5 Å². The summed E-state index contributed by atoms with van der Waals surface area (Å²) in [6.45, 7) is 1.04. The van der Waals surface area contributed by atoms with E-state index in [1.165, 1.54) is 45.4 Å². The minimum absolute atomic E-state index is 0.0739. The molecule has 0 radical (unpaired) electrons. The number of aromatic nitrogens is 1. The van der Waals surface area contributed by atoms with Gasteiger partial charge in [-0.3, -0.25) is 4.79 Å². The second kappa shape index (κ2) is 10.9. The molecule has 3 N–H and O–H groups in total. The Balaban J connectivity index is 1.59. The van der Waals surface area contributed by atoms with Crippen molar-refractivity contribution >= 4 is 17.5 Å². The highest BCUT2D eigenvalue weighted by atomic mass is 35.5. The average Bonchev–Trinajstić information content (AvgIpc) is 3.72. The number of rotatable bonds is 10. The fourth-order valence-electron chi connectivity index (χ4n) is 3.74. The number of hydrogen-bond donors (Lipinski definition) is 3. The Morgan fingerprint density at radius 2 is 1.84 bits per heavy atom. The van der Waals surface area contributed by atoms with Crippen LogP contribution in [0.5, 0.6) is 17.2 Å². The molecule has 3 aromatic rings. The fraction of sp³-hybridized carbons (Fsp3) is 0.333. The van der Waals surface area contributed by atoms with E-state index in [2.05, 4.69) is 10.3 Å². The van der Waals surface area contributed by atoms with Gasteiger partial charge in [0, 0.05) is 11.1 Å². The van der Waals surface area contributed by atoms with Crippen LogP contribution in [0, 0.1) is 5.82 Å². The van der Waals surface area contributed by atoms with Gasteiger partial charge in [-0.2, -0.15) is 0 Å². The molecule has 4 rings (SSSR count). The lowest BCUT2D eigenvalue weighted by Crippen LogP contribution is -2.48. The summed E-state index contributed by atoms with van der Waals surface area (Å²) >= 11 is 5.94. The predicted molar refractivity (Wildman–Crippen MR) is 136 cm³/mol. The van der Waals surface area contributed by atoms with E-state index in [4.69, 9.17) is 25.8 Å². The van der Waals surface area contributed by atoms with Crippen molar-refractivity contribution in [2.24, 2.45) is 0 Å². The molecule has 0 bridgehead atoms. The van der Waals surface area contributed by atoms with Crippen LogP contribution in [0.2, 0.25) is 5.02 Å². The highest BCUT2D eigenvalue weighted by Crippen LogP contribution is 2.35. The first kappa shape index (κ1) is 26.7. The number of benzene rings is 2. The Morgan fingerprint density at radius 3 is 2.46 bits per heavy atom. The van der Waals surface area contributed by atoms with Crippen LogP contribution < -0.4 is 19.5 Å². The zero-order chi connectivity index (χ0) is 26.7. The second-order valence-corrected chi connectivity index (χ2v) is 9.25. The summed E-state index contributed by atoms with van der Waals surface area (Å²) in [5.41, 5.74) is -0.868. The van der Waals surface area contributed by atoms with E-state index in [1.807, 2.05) is 0 Å². The van der Waals surface area contributed by atoms with Gasteiger partial charge < -0.3 is 29.7 Å². The summed E-state index contributed by atoms with van der Waals surface area (Å²) in [6.07, 6.45) is 0.821. The highest BCUT2D eigenvalue weighted by Gasteiger charge is 2.38. The van der Waals surface area contributed by atoms with E-state index >= 15 is 0 Å². The Hall–Kier alpha value is -3.40. The third-order valence-corrected chi connectivity index (χ3v) is 6.46. The number of amides is 1. The molecule has 1 aliphatic carbocycles. The number of nitrogens with zero attached hydrogens (tertiary/aromatic N) is 1. The Kier molecular flexibility index (Phi) is 7.87. The molecule has 196 valence electrons. The summed E-state index contributed by atoms with van der Waals surface area (Å²) in [6, 6.07) is 11.9. The van der Waals surface area contributed by atoms with Gasteiger partial charge in [0.2, 0.25) is 0 Å². The monoisotopic (exact) mass is 530 g/mol. The van der Waals surface area contributed by atoms with Crippen LogP contribution in [0.4, 0.5) is 4.39 Å². The summed E-state index contributed by atoms with van der Waals surface area (Å²) in [5, 5.41) is 24.5. The molecule has 0 saturated heterocycles. The van der Waals surface area contributed by atoms with Gasteiger partial charge in [-0.1, -0.05) is 11.6 Å². The molecular weight excluding hydrogens is 503 g/mol. The van der Waals surface area contributed by atoms with Crippen LogP contribution in [0.25, 0.3) is 11.3 Å². The third-order valence-electron chi connectivity index (χ3n) is 6.17. The zero-order valence-corrected chi connectivity index (χ0v) is 21.4. The van der Waals surface area contributed by atoms with Crippen molar-refractivity contribution in [1.29, 1.82) is 0 Å². The third kappa shape index (κ3) is 5.79. The number of carbonyl (C=O) groups excluding carboxylic acids is 1. The van der Waals surface area contributed by atoms with Gasteiger partial charge in [-0.25, -0.2) is 9.37 Å². The number of hydrogen-bond acceptors (Lipinski definition) is 7. The number of aliphatic hydroxyl groups is 2. The van der Waals surface area contributed by atoms with Crippen LogP contribution >= 0.6 is 11.6 Å². The van der Waals surface area contributed by atoms with E-state index in [9.17, 15) is 19.4 Å². The maximum absolute atomic E-state index is 13.7. The van der Waals surface area contributed by atoms with Crippen molar-refractivity contribution < 1.29 is 33.6 Å². The van der Waals surface area contributed by atoms with Crippen molar-refractivity contribution in [2.75, 3.05) is 20.8 Å². The molecule has 2 atom stereocenters. The summed E-state index contributed by atoms with van der Waals surface area (Å²) in [5.74, 6) is 0.244. The van der Waals surface area contributed by atoms with E-state index in [0.717, 1.165) is 12.8 Å². The maximum atomic E-state index is 13.7. The largest absolute Gasteiger partial charge is 0.494 e. The number of nitrogens with one attached hydrogen (secondary N) is 1. The SMILES string of the molecule is COc1cc(C(=O)NCC(O)(c2ccc(OC)c(-c3ccc(F)c(Cl)c3)n2)C(C)O)ccc1OC1CC1. The molecule has 1 saturated carbocycles. The molecule has 1 fully saturated rings. The number of ether oxygens (including phenoxy) is 3.